The number of hydrogen-bond acceptors (Lipinski definition) is 3. The molecular formula is C17H25NO3. The molecular weight excluding hydrogens is 266 g/mol. The van der Waals surface area contributed by atoms with E-state index in [0.29, 0.717) is 30.2 Å². The van der Waals surface area contributed by atoms with Crippen molar-refractivity contribution in [2.45, 2.75) is 46.6 Å². The van der Waals surface area contributed by atoms with Gasteiger partial charge in [0.2, 0.25) is 0 Å². The van der Waals surface area contributed by atoms with Gasteiger partial charge in [0.15, 0.2) is 11.9 Å². The molecule has 1 unspecified atom stereocenters. The van der Waals surface area contributed by atoms with Crippen LogP contribution in [-0.2, 0) is 4.79 Å². The van der Waals surface area contributed by atoms with Crippen molar-refractivity contribution in [3.8, 4) is 5.75 Å². The second-order valence-corrected chi connectivity index (χ2v) is 5.51. The van der Waals surface area contributed by atoms with Gasteiger partial charge in [-0.25, -0.2) is 0 Å². The highest BCUT2D eigenvalue weighted by Crippen LogP contribution is 2.21. The summed E-state index contributed by atoms with van der Waals surface area (Å²) in [7, 11) is 0. The molecule has 0 aliphatic carbocycles. The molecule has 0 heterocycles. The summed E-state index contributed by atoms with van der Waals surface area (Å²) in [6.07, 6.45) is 0.724. The fourth-order valence-electron chi connectivity index (χ4n) is 1.86. The van der Waals surface area contributed by atoms with E-state index < -0.39 is 6.10 Å². The smallest absolute Gasteiger partial charge is 0.260 e. The van der Waals surface area contributed by atoms with Gasteiger partial charge in [0.25, 0.3) is 5.91 Å². The van der Waals surface area contributed by atoms with E-state index in [9.17, 15) is 9.59 Å². The van der Waals surface area contributed by atoms with Gasteiger partial charge in [0, 0.05) is 13.0 Å². The van der Waals surface area contributed by atoms with Gasteiger partial charge in [-0.15, -0.1) is 0 Å². The van der Waals surface area contributed by atoms with Gasteiger partial charge in [0.05, 0.1) is 5.56 Å². The molecule has 0 aliphatic rings. The Hall–Kier alpha value is -1.84. The van der Waals surface area contributed by atoms with E-state index in [4.69, 9.17) is 4.74 Å². The average molecular weight is 291 g/mol. The van der Waals surface area contributed by atoms with Crippen molar-refractivity contribution in [1.29, 1.82) is 0 Å². The minimum absolute atomic E-state index is 0.0121. The summed E-state index contributed by atoms with van der Waals surface area (Å²) in [5.41, 5.74) is 0.529. The van der Waals surface area contributed by atoms with Crippen LogP contribution in [-0.4, -0.2) is 24.3 Å². The number of rotatable bonds is 8. The Labute approximate surface area is 126 Å². The van der Waals surface area contributed by atoms with Crippen LogP contribution < -0.4 is 10.1 Å². The van der Waals surface area contributed by atoms with Crippen molar-refractivity contribution in [3.63, 3.8) is 0 Å². The fourth-order valence-corrected chi connectivity index (χ4v) is 1.86. The zero-order valence-corrected chi connectivity index (χ0v) is 13.3. The standard InChI is InChI=1S/C17H25NO3/c1-5-15(19)14-8-6-7-9-16(14)21-13(4)17(20)18-11-10-12(2)3/h6-9,12-13H,5,10-11H2,1-4H3,(H,18,20). The summed E-state index contributed by atoms with van der Waals surface area (Å²) < 4.78 is 5.65. The van der Waals surface area contributed by atoms with Crippen molar-refractivity contribution >= 4 is 11.7 Å². The molecule has 0 radical (unpaired) electrons. The van der Waals surface area contributed by atoms with Gasteiger partial charge in [-0.1, -0.05) is 32.9 Å². The number of amides is 1. The predicted molar refractivity (Wildman–Crippen MR) is 83.6 cm³/mol. The SMILES string of the molecule is CCC(=O)c1ccccc1OC(C)C(=O)NCCC(C)C. The zero-order chi connectivity index (χ0) is 15.8. The molecule has 1 N–H and O–H groups in total. The first kappa shape index (κ1) is 17.2. The van der Waals surface area contributed by atoms with Crippen molar-refractivity contribution < 1.29 is 14.3 Å². The Balaban J connectivity index is 2.64. The van der Waals surface area contributed by atoms with Crippen molar-refractivity contribution in [2.75, 3.05) is 6.54 Å². The van der Waals surface area contributed by atoms with Gasteiger partial charge >= 0.3 is 0 Å². The third kappa shape index (κ3) is 5.58. The second-order valence-electron chi connectivity index (χ2n) is 5.51. The molecule has 0 saturated heterocycles. The van der Waals surface area contributed by atoms with Gasteiger partial charge in [-0.3, -0.25) is 9.59 Å². The maximum atomic E-state index is 12.0. The lowest BCUT2D eigenvalue weighted by atomic mass is 10.1. The fraction of sp³-hybridized carbons (Fsp3) is 0.529. The Morgan fingerprint density at radius 1 is 1.19 bits per heavy atom. The predicted octanol–water partition coefficient (Wildman–Crippen LogP) is 3.21. The number of ether oxygens (including phenoxy) is 1. The molecule has 1 amide bonds. The number of benzene rings is 1. The highest BCUT2D eigenvalue weighted by atomic mass is 16.5. The van der Waals surface area contributed by atoms with E-state index in [1.807, 2.05) is 0 Å². The molecule has 4 nitrogen and oxygen atoms in total. The number of ketones is 1. The Bertz CT molecular complexity index is 483. The lowest BCUT2D eigenvalue weighted by Gasteiger charge is -2.17. The van der Waals surface area contributed by atoms with E-state index in [0.717, 1.165) is 6.42 Å². The minimum atomic E-state index is -0.622. The molecule has 0 aliphatic heterocycles. The molecule has 0 spiro atoms. The van der Waals surface area contributed by atoms with Gasteiger partial charge in [-0.2, -0.15) is 0 Å². The van der Waals surface area contributed by atoms with Crippen LogP contribution in [0.1, 0.15) is 50.9 Å². The topological polar surface area (TPSA) is 55.4 Å². The number of nitrogens with one attached hydrogen (secondary N) is 1. The van der Waals surface area contributed by atoms with E-state index in [1.165, 1.54) is 0 Å². The highest BCUT2D eigenvalue weighted by Gasteiger charge is 2.17. The van der Waals surface area contributed by atoms with Crippen LogP contribution in [0, 0.1) is 5.92 Å². The quantitative estimate of drug-likeness (QED) is 0.748. The van der Waals surface area contributed by atoms with E-state index in [-0.39, 0.29) is 11.7 Å². The second kappa shape index (κ2) is 8.45. The molecule has 0 bridgehead atoms. The van der Waals surface area contributed by atoms with Crippen LogP contribution in [0.5, 0.6) is 5.75 Å². The highest BCUT2D eigenvalue weighted by molar-refractivity contribution is 5.98. The van der Waals surface area contributed by atoms with Crippen molar-refractivity contribution in [3.05, 3.63) is 29.8 Å². The largest absolute Gasteiger partial charge is 0.480 e. The molecule has 0 saturated carbocycles. The van der Waals surface area contributed by atoms with E-state index in [2.05, 4.69) is 19.2 Å². The summed E-state index contributed by atoms with van der Waals surface area (Å²) in [6.45, 7) is 8.36. The average Bonchev–Trinajstić information content (AvgIpc) is 2.46. The number of carbonyl (C=O) groups excluding carboxylic acids is 2. The molecule has 1 rings (SSSR count). The first-order valence-corrected chi connectivity index (χ1v) is 7.52. The zero-order valence-electron chi connectivity index (χ0n) is 13.3. The van der Waals surface area contributed by atoms with Crippen LogP contribution >= 0.6 is 0 Å². The van der Waals surface area contributed by atoms with Crippen molar-refractivity contribution in [2.24, 2.45) is 5.92 Å². The van der Waals surface area contributed by atoms with Crippen LogP contribution in [0.3, 0.4) is 0 Å². The Kier molecular flexibility index (Phi) is 6.92. The molecule has 0 fully saturated rings. The molecule has 1 atom stereocenters. The molecule has 4 heteroatoms. The summed E-state index contributed by atoms with van der Waals surface area (Å²) in [6, 6.07) is 7.04. The number of Topliss-reactive ketones (excluding diaryl/α,β-unsaturated/α-hetero) is 1. The van der Waals surface area contributed by atoms with Crippen LogP contribution in [0.2, 0.25) is 0 Å². The normalized spacial score (nSPS) is 12.0. The molecule has 1 aromatic rings. The molecule has 1 aromatic carbocycles. The van der Waals surface area contributed by atoms with Gasteiger partial charge < -0.3 is 10.1 Å². The van der Waals surface area contributed by atoms with Crippen molar-refractivity contribution in [1.82, 2.24) is 5.32 Å². The maximum absolute atomic E-state index is 12.0. The Morgan fingerprint density at radius 3 is 2.48 bits per heavy atom. The summed E-state index contributed by atoms with van der Waals surface area (Å²) in [5, 5.41) is 2.85. The number of hydrogen-bond donors (Lipinski definition) is 1. The Morgan fingerprint density at radius 2 is 1.86 bits per heavy atom. The van der Waals surface area contributed by atoms with Gasteiger partial charge in [0.1, 0.15) is 5.75 Å². The number of carbonyl (C=O) groups is 2. The first-order valence-electron chi connectivity index (χ1n) is 7.52. The third-order valence-electron chi connectivity index (χ3n) is 3.20. The van der Waals surface area contributed by atoms with Crippen LogP contribution in [0.4, 0.5) is 0 Å². The van der Waals surface area contributed by atoms with E-state index in [1.54, 1.807) is 38.1 Å². The number of para-hydroxylation sites is 1. The van der Waals surface area contributed by atoms with Gasteiger partial charge in [-0.05, 0) is 31.4 Å². The summed E-state index contributed by atoms with van der Waals surface area (Å²) in [4.78, 5) is 23.8. The van der Waals surface area contributed by atoms with Crippen LogP contribution in [0.25, 0.3) is 0 Å². The first-order chi connectivity index (χ1) is 9.95. The van der Waals surface area contributed by atoms with E-state index >= 15 is 0 Å². The molecule has 116 valence electrons. The summed E-state index contributed by atoms with van der Waals surface area (Å²) in [5.74, 6) is 0.868. The lowest BCUT2D eigenvalue weighted by molar-refractivity contribution is -0.127. The monoisotopic (exact) mass is 291 g/mol. The molecule has 0 aromatic heterocycles. The van der Waals surface area contributed by atoms with Crippen LogP contribution in [0.15, 0.2) is 24.3 Å². The maximum Gasteiger partial charge on any atom is 0.260 e. The third-order valence-corrected chi connectivity index (χ3v) is 3.20. The lowest BCUT2D eigenvalue weighted by Crippen LogP contribution is -2.37. The summed E-state index contributed by atoms with van der Waals surface area (Å²) >= 11 is 0. The minimum Gasteiger partial charge on any atom is -0.480 e. The molecule has 21 heavy (non-hydrogen) atoms.